The quantitative estimate of drug-likeness (QED) is 0.288. The fraction of sp³-hybridized carbons (Fsp3) is 0.900. The van der Waals surface area contributed by atoms with Crippen molar-refractivity contribution in [3.8, 4) is 6.07 Å². The fourth-order valence-corrected chi connectivity index (χ4v) is 1.34. The molecule has 0 radical (unpaired) electrons. The molecule has 15 heavy (non-hydrogen) atoms. The minimum absolute atomic E-state index is 0.390. The smallest absolute Gasteiger partial charge is 0.103 e. The van der Waals surface area contributed by atoms with Crippen LogP contribution in [0.15, 0.2) is 5.11 Å². The van der Waals surface area contributed by atoms with E-state index in [2.05, 4.69) is 28.3 Å². The third-order valence-electron chi connectivity index (χ3n) is 2.32. The number of hydrogen-bond acceptors (Lipinski definition) is 3. The van der Waals surface area contributed by atoms with Crippen LogP contribution in [0.5, 0.6) is 0 Å². The molecule has 0 saturated carbocycles. The molecule has 0 spiro atoms. The maximum Gasteiger partial charge on any atom is 0.103 e. The van der Waals surface area contributed by atoms with Crippen LogP contribution < -0.4 is 5.32 Å². The van der Waals surface area contributed by atoms with Crippen molar-refractivity contribution in [1.82, 2.24) is 5.32 Å². The van der Waals surface area contributed by atoms with Crippen molar-refractivity contribution >= 4 is 0 Å². The Morgan fingerprint density at radius 3 is 2.80 bits per heavy atom. The molecule has 0 heterocycles. The highest BCUT2D eigenvalue weighted by molar-refractivity contribution is 5.03. The van der Waals surface area contributed by atoms with Gasteiger partial charge in [-0.3, -0.25) is 5.32 Å². The molecule has 0 saturated heterocycles. The second kappa shape index (κ2) is 8.10. The third kappa shape index (κ3) is 6.78. The Bertz CT molecular complexity index is 251. The predicted octanol–water partition coefficient (Wildman–Crippen LogP) is 2.75. The van der Waals surface area contributed by atoms with Crippen LogP contribution in [0.25, 0.3) is 10.4 Å². The lowest BCUT2D eigenvalue weighted by Gasteiger charge is -2.22. The van der Waals surface area contributed by atoms with E-state index in [-0.39, 0.29) is 0 Å². The number of hydrogen-bond donors (Lipinski definition) is 1. The van der Waals surface area contributed by atoms with Crippen molar-refractivity contribution in [2.45, 2.75) is 45.1 Å². The van der Waals surface area contributed by atoms with Crippen LogP contribution in [0, 0.1) is 11.3 Å². The molecule has 0 aromatic heterocycles. The summed E-state index contributed by atoms with van der Waals surface area (Å²) in [6.07, 6.45) is 4.19. The number of nitrogens with one attached hydrogen (secondary N) is 1. The van der Waals surface area contributed by atoms with Crippen LogP contribution in [0.3, 0.4) is 0 Å². The summed E-state index contributed by atoms with van der Waals surface area (Å²) in [6.45, 7) is 4.97. The molecule has 0 aliphatic rings. The average molecular weight is 209 g/mol. The number of rotatable bonds is 8. The Morgan fingerprint density at radius 1 is 1.53 bits per heavy atom. The van der Waals surface area contributed by atoms with E-state index in [9.17, 15) is 0 Å². The summed E-state index contributed by atoms with van der Waals surface area (Å²) in [4.78, 5) is 2.66. The van der Waals surface area contributed by atoms with Crippen LogP contribution in [0.2, 0.25) is 0 Å². The minimum Gasteiger partial charge on any atom is -0.299 e. The summed E-state index contributed by atoms with van der Waals surface area (Å²) in [6, 6.07) is 2.27. The van der Waals surface area contributed by atoms with Crippen molar-refractivity contribution in [3.05, 3.63) is 10.4 Å². The van der Waals surface area contributed by atoms with Crippen molar-refractivity contribution in [2.24, 2.45) is 5.11 Å². The van der Waals surface area contributed by atoms with E-state index in [0.717, 1.165) is 25.7 Å². The number of azide groups is 1. The third-order valence-corrected chi connectivity index (χ3v) is 2.32. The van der Waals surface area contributed by atoms with Gasteiger partial charge in [-0.15, -0.1) is 0 Å². The van der Waals surface area contributed by atoms with Gasteiger partial charge in [-0.05, 0) is 18.9 Å². The predicted molar refractivity (Wildman–Crippen MR) is 60.2 cm³/mol. The average Bonchev–Trinajstić information content (AvgIpc) is 2.25. The molecule has 0 aliphatic carbocycles. The van der Waals surface area contributed by atoms with E-state index in [1.165, 1.54) is 0 Å². The zero-order valence-electron chi connectivity index (χ0n) is 9.53. The molecule has 0 aromatic carbocycles. The lowest BCUT2D eigenvalue weighted by molar-refractivity contribution is 0.405. The lowest BCUT2D eigenvalue weighted by Crippen LogP contribution is -2.42. The van der Waals surface area contributed by atoms with Gasteiger partial charge in [0.25, 0.3) is 0 Å². The van der Waals surface area contributed by atoms with Crippen LogP contribution in [0.4, 0.5) is 0 Å². The highest BCUT2D eigenvalue weighted by Crippen LogP contribution is 2.13. The van der Waals surface area contributed by atoms with Crippen LogP contribution >= 0.6 is 0 Å². The normalized spacial score (nSPS) is 13.7. The van der Waals surface area contributed by atoms with E-state index >= 15 is 0 Å². The maximum atomic E-state index is 9.03. The molecule has 84 valence electrons. The zero-order chi connectivity index (χ0) is 11.6. The van der Waals surface area contributed by atoms with Crippen LogP contribution in [-0.4, -0.2) is 18.6 Å². The largest absolute Gasteiger partial charge is 0.299 e. The SMILES string of the molecule is CCCCCC(C)(C#N)NCCN=[N+]=[N-]. The summed E-state index contributed by atoms with van der Waals surface area (Å²) in [7, 11) is 0. The molecule has 1 N–H and O–H groups in total. The summed E-state index contributed by atoms with van der Waals surface area (Å²) in [5.41, 5.74) is 7.61. The molecule has 0 rings (SSSR count). The van der Waals surface area contributed by atoms with E-state index in [4.69, 9.17) is 10.8 Å². The highest BCUT2D eigenvalue weighted by Gasteiger charge is 2.21. The molecule has 1 unspecified atom stereocenters. The van der Waals surface area contributed by atoms with Crippen molar-refractivity contribution in [2.75, 3.05) is 13.1 Å². The van der Waals surface area contributed by atoms with Gasteiger partial charge < -0.3 is 0 Å². The van der Waals surface area contributed by atoms with Crippen LogP contribution in [-0.2, 0) is 0 Å². The molecule has 0 fully saturated rings. The van der Waals surface area contributed by atoms with Crippen molar-refractivity contribution in [1.29, 1.82) is 5.26 Å². The van der Waals surface area contributed by atoms with Gasteiger partial charge in [-0.1, -0.05) is 31.3 Å². The number of nitrogens with zero attached hydrogens (tertiary/aromatic N) is 4. The first-order valence-corrected chi connectivity index (χ1v) is 5.35. The van der Waals surface area contributed by atoms with E-state index in [0.29, 0.717) is 13.1 Å². The van der Waals surface area contributed by atoms with Crippen molar-refractivity contribution < 1.29 is 0 Å². The monoisotopic (exact) mass is 209 g/mol. The Kier molecular flexibility index (Phi) is 7.43. The fourth-order valence-electron chi connectivity index (χ4n) is 1.34. The number of unbranched alkanes of at least 4 members (excludes halogenated alkanes) is 2. The topological polar surface area (TPSA) is 84.6 Å². The van der Waals surface area contributed by atoms with Gasteiger partial charge in [0.05, 0.1) is 6.07 Å². The number of nitriles is 1. The van der Waals surface area contributed by atoms with Gasteiger partial charge in [0.2, 0.25) is 0 Å². The molecule has 5 nitrogen and oxygen atoms in total. The van der Waals surface area contributed by atoms with Gasteiger partial charge >= 0.3 is 0 Å². The first-order chi connectivity index (χ1) is 7.18. The minimum atomic E-state index is -0.486. The zero-order valence-corrected chi connectivity index (χ0v) is 9.53. The van der Waals surface area contributed by atoms with Gasteiger partial charge in [0, 0.05) is 18.0 Å². The lowest BCUT2D eigenvalue weighted by atomic mass is 9.96. The Morgan fingerprint density at radius 2 is 2.27 bits per heavy atom. The first kappa shape index (κ1) is 13.8. The summed E-state index contributed by atoms with van der Waals surface area (Å²) in [5.74, 6) is 0. The molecule has 0 aliphatic heterocycles. The Labute approximate surface area is 91.1 Å². The highest BCUT2D eigenvalue weighted by atomic mass is 15.1. The molecule has 1 atom stereocenters. The van der Waals surface area contributed by atoms with E-state index in [1.54, 1.807) is 0 Å². The van der Waals surface area contributed by atoms with Gasteiger partial charge in [-0.25, -0.2) is 0 Å². The summed E-state index contributed by atoms with van der Waals surface area (Å²) >= 11 is 0. The van der Waals surface area contributed by atoms with Gasteiger partial charge in [0.15, 0.2) is 0 Å². The molecule has 5 heteroatoms. The van der Waals surface area contributed by atoms with Crippen LogP contribution in [0.1, 0.15) is 39.5 Å². The second-order valence-electron chi connectivity index (χ2n) is 3.78. The van der Waals surface area contributed by atoms with E-state index < -0.39 is 5.54 Å². The standard InChI is InChI=1S/C10H19N5/c1-3-4-5-6-10(2,9-11)13-7-8-14-15-12/h13H,3-8H2,1-2H3. The molecule has 0 amide bonds. The van der Waals surface area contributed by atoms with Gasteiger partial charge in [-0.2, -0.15) is 5.26 Å². The van der Waals surface area contributed by atoms with Gasteiger partial charge in [0.1, 0.15) is 5.54 Å². The summed E-state index contributed by atoms with van der Waals surface area (Å²) < 4.78 is 0. The van der Waals surface area contributed by atoms with E-state index in [1.807, 2.05) is 6.92 Å². The molecule has 0 bridgehead atoms. The summed E-state index contributed by atoms with van der Waals surface area (Å²) in [5, 5.41) is 15.6. The molecular formula is C10H19N5. The molecule has 0 aromatic rings. The van der Waals surface area contributed by atoms with Crippen molar-refractivity contribution in [3.63, 3.8) is 0 Å². The Hall–Kier alpha value is -1.24. The second-order valence-corrected chi connectivity index (χ2v) is 3.78. The molecular weight excluding hydrogens is 190 g/mol. The Balaban J connectivity index is 3.86. The maximum absolute atomic E-state index is 9.03. The first-order valence-electron chi connectivity index (χ1n) is 5.35.